The van der Waals surface area contributed by atoms with E-state index < -0.39 is 23.4 Å². The molecule has 0 bridgehead atoms. The van der Waals surface area contributed by atoms with Gasteiger partial charge in [-0.15, -0.1) is 0 Å². The lowest BCUT2D eigenvalue weighted by Gasteiger charge is -2.09. The highest BCUT2D eigenvalue weighted by Gasteiger charge is 2.16. The molecule has 3 nitrogen and oxygen atoms in total. The van der Waals surface area contributed by atoms with E-state index in [1.54, 1.807) is 0 Å². The molecule has 3 N–H and O–H groups in total. The maximum absolute atomic E-state index is 13.4. The molecule has 2 aromatic rings. The molecule has 0 atom stereocenters. The Labute approximate surface area is 120 Å². The van der Waals surface area contributed by atoms with Crippen molar-refractivity contribution in [3.05, 3.63) is 57.8 Å². The molecule has 0 saturated carbocycles. The molecule has 2 rings (SSSR count). The molecule has 0 aromatic heterocycles. The van der Waals surface area contributed by atoms with Crippen LogP contribution in [0, 0.1) is 17.5 Å². The van der Waals surface area contributed by atoms with E-state index in [9.17, 15) is 18.0 Å². The van der Waals surface area contributed by atoms with Gasteiger partial charge in [-0.1, -0.05) is 6.07 Å². The molecule has 104 valence electrons. The topological polar surface area (TPSA) is 55.1 Å². The third-order valence-corrected chi connectivity index (χ3v) is 3.19. The van der Waals surface area contributed by atoms with E-state index in [1.165, 1.54) is 12.1 Å². The lowest BCUT2D eigenvalue weighted by Crippen LogP contribution is -2.15. The van der Waals surface area contributed by atoms with E-state index in [-0.39, 0.29) is 21.4 Å². The third kappa shape index (κ3) is 2.77. The number of rotatable bonds is 2. The van der Waals surface area contributed by atoms with Crippen LogP contribution in [0.2, 0.25) is 0 Å². The first-order valence-electron chi connectivity index (χ1n) is 5.40. The van der Waals surface area contributed by atoms with Crippen LogP contribution >= 0.6 is 15.9 Å². The van der Waals surface area contributed by atoms with Gasteiger partial charge in [-0.05, 0) is 40.2 Å². The Morgan fingerprint density at radius 1 is 1.15 bits per heavy atom. The first-order chi connectivity index (χ1) is 9.40. The Morgan fingerprint density at radius 2 is 1.85 bits per heavy atom. The molecule has 0 aliphatic carbocycles. The molecule has 0 heterocycles. The smallest absolute Gasteiger partial charge is 0.256 e. The van der Waals surface area contributed by atoms with Gasteiger partial charge in [-0.25, -0.2) is 13.2 Å². The molecule has 2 aromatic carbocycles. The van der Waals surface area contributed by atoms with Crippen LogP contribution in [0.5, 0.6) is 0 Å². The summed E-state index contributed by atoms with van der Waals surface area (Å²) in [7, 11) is 0. The van der Waals surface area contributed by atoms with Gasteiger partial charge in [0.05, 0.1) is 16.9 Å². The van der Waals surface area contributed by atoms with Gasteiger partial charge in [0.25, 0.3) is 5.91 Å². The molecule has 0 unspecified atom stereocenters. The van der Waals surface area contributed by atoms with Crippen LogP contribution in [0.4, 0.5) is 24.5 Å². The van der Waals surface area contributed by atoms with E-state index in [0.717, 1.165) is 18.2 Å². The average molecular weight is 345 g/mol. The highest BCUT2D eigenvalue weighted by molar-refractivity contribution is 9.10. The van der Waals surface area contributed by atoms with Crippen LogP contribution in [0.15, 0.2) is 34.8 Å². The summed E-state index contributed by atoms with van der Waals surface area (Å²) in [5, 5.41) is 2.19. The van der Waals surface area contributed by atoms with Crippen LogP contribution in [0.25, 0.3) is 0 Å². The van der Waals surface area contributed by atoms with Crippen molar-refractivity contribution in [1.29, 1.82) is 0 Å². The number of nitrogen functional groups attached to an aromatic ring is 1. The minimum atomic E-state index is -1.17. The molecule has 0 aliphatic heterocycles. The summed E-state index contributed by atoms with van der Waals surface area (Å²) >= 11 is 3.00. The van der Waals surface area contributed by atoms with Crippen molar-refractivity contribution in [2.24, 2.45) is 0 Å². The number of amides is 1. The van der Waals surface area contributed by atoms with Crippen molar-refractivity contribution in [3.63, 3.8) is 0 Å². The fourth-order valence-electron chi connectivity index (χ4n) is 1.53. The van der Waals surface area contributed by atoms with Gasteiger partial charge in [-0.3, -0.25) is 4.79 Å². The van der Waals surface area contributed by atoms with Gasteiger partial charge in [-0.2, -0.15) is 0 Å². The number of carbonyl (C=O) groups excluding carboxylic acids is 1. The second-order valence-corrected chi connectivity index (χ2v) is 4.76. The van der Waals surface area contributed by atoms with Gasteiger partial charge in [0.1, 0.15) is 5.82 Å². The zero-order valence-corrected chi connectivity index (χ0v) is 11.5. The molecule has 1 amide bonds. The quantitative estimate of drug-likeness (QED) is 0.816. The van der Waals surface area contributed by atoms with Crippen LogP contribution in [0.3, 0.4) is 0 Å². The van der Waals surface area contributed by atoms with E-state index in [2.05, 4.69) is 21.2 Å². The minimum Gasteiger partial charge on any atom is -0.396 e. The second kappa shape index (κ2) is 5.54. The van der Waals surface area contributed by atoms with E-state index >= 15 is 0 Å². The molecular formula is C13H8BrF3N2O. The third-order valence-electron chi connectivity index (χ3n) is 2.53. The van der Waals surface area contributed by atoms with Crippen LogP contribution in [-0.4, -0.2) is 5.91 Å². The number of nitrogens with two attached hydrogens (primary N) is 1. The summed E-state index contributed by atoms with van der Waals surface area (Å²) in [5.41, 5.74) is 4.83. The molecule has 0 aliphatic rings. The highest BCUT2D eigenvalue weighted by atomic mass is 79.9. The predicted octanol–water partition coefficient (Wildman–Crippen LogP) is 3.70. The van der Waals surface area contributed by atoms with E-state index in [0.29, 0.717) is 0 Å². The molecule has 0 saturated heterocycles. The molecule has 0 radical (unpaired) electrons. The number of benzene rings is 2. The SMILES string of the molecule is Nc1cc(C(=O)Nc2cccc(F)c2F)c(Br)cc1F. The normalized spacial score (nSPS) is 10.4. The summed E-state index contributed by atoms with van der Waals surface area (Å²) in [6.45, 7) is 0. The van der Waals surface area contributed by atoms with Gasteiger partial charge >= 0.3 is 0 Å². The number of anilines is 2. The predicted molar refractivity (Wildman–Crippen MR) is 72.8 cm³/mol. The maximum Gasteiger partial charge on any atom is 0.256 e. The van der Waals surface area contributed by atoms with Crippen molar-refractivity contribution >= 4 is 33.2 Å². The Kier molecular flexibility index (Phi) is 3.99. The molecule has 7 heteroatoms. The van der Waals surface area contributed by atoms with Gasteiger partial charge in [0.2, 0.25) is 0 Å². The average Bonchev–Trinajstić information content (AvgIpc) is 2.39. The Bertz CT molecular complexity index is 692. The second-order valence-electron chi connectivity index (χ2n) is 3.91. The molecule has 20 heavy (non-hydrogen) atoms. The first kappa shape index (κ1) is 14.4. The van der Waals surface area contributed by atoms with Crippen molar-refractivity contribution in [1.82, 2.24) is 0 Å². The minimum absolute atomic E-state index is 0.00700. The zero-order valence-electron chi connectivity index (χ0n) is 9.88. The van der Waals surface area contributed by atoms with Crippen molar-refractivity contribution in [2.75, 3.05) is 11.1 Å². The van der Waals surface area contributed by atoms with Crippen LogP contribution < -0.4 is 11.1 Å². The Morgan fingerprint density at radius 3 is 2.55 bits per heavy atom. The van der Waals surface area contributed by atoms with Crippen LogP contribution in [0.1, 0.15) is 10.4 Å². The van der Waals surface area contributed by atoms with Gasteiger partial charge in [0, 0.05) is 4.47 Å². The maximum atomic E-state index is 13.4. The number of nitrogens with one attached hydrogen (secondary N) is 1. The Balaban J connectivity index is 2.33. The van der Waals surface area contributed by atoms with E-state index in [4.69, 9.17) is 5.73 Å². The van der Waals surface area contributed by atoms with Crippen molar-refractivity contribution in [3.8, 4) is 0 Å². The standard InChI is InChI=1S/C13H8BrF3N2O/c14-7-5-9(16)10(18)4-6(7)13(20)19-11-3-1-2-8(15)12(11)17/h1-5H,18H2,(H,19,20). The number of hydrogen-bond donors (Lipinski definition) is 2. The molecule has 0 fully saturated rings. The number of hydrogen-bond acceptors (Lipinski definition) is 2. The van der Waals surface area contributed by atoms with Gasteiger partial charge in [0.15, 0.2) is 11.6 Å². The summed E-state index contributed by atoms with van der Waals surface area (Å²) < 4.78 is 39.8. The fourth-order valence-corrected chi connectivity index (χ4v) is 2.03. The summed E-state index contributed by atoms with van der Waals surface area (Å²) in [6, 6.07) is 5.51. The summed E-state index contributed by atoms with van der Waals surface area (Å²) in [5.74, 6) is -3.69. The largest absolute Gasteiger partial charge is 0.396 e. The summed E-state index contributed by atoms with van der Waals surface area (Å²) in [6.07, 6.45) is 0. The van der Waals surface area contributed by atoms with Crippen molar-refractivity contribution in [2.45, 2.75) is 0 Å². The van der Waals surface area contributed by atoms with E-state index in [1.807, 2.05) is 0 Å². The first-order valence-corrected chi connectivity index (χ1v) is 6.19. The zero-order chi connectivity index (χ0) is 14.9. The molecule has 0 spiro atoms. The lowest BCUT2D eigenvalue weighted by molar-refractivity contribution is 0.102. The van der Waals surface area contributed by atoms with Crippen LogP contribution in [-0.2, 0) is 0 Å². The monoisotopic (exact) mass is 344 g/mol. The van der Waals surface area contributed by atoms with Gasteiger partial charge < -0.3 is 11.1 Å². The fraction of sp³-hybridized carbons (Fsp3) is 0. The Hall–Kier alpha value is -2.02. The summed E-state index contributed by atoms with van der Waals surface area (Å²) in [4.78, 5) is 12.0. The lowest BCUT2D eigenvalue weighted by atomic mass is 10.1. The highest BCUT2D eigenvalue weighted by Crippen LogP contribution is 2.24. The van der Waals surface area contributed by atoms with Crippen molar-refractivity contribution < 1.29 is 18.0 Å². The molecular weight excluding hydrogens is 337 g/mol. The number of halogens is 4. The number of carbonyl (C=O) groups is 1.